The van der Waals surface area contributed by atoms with E-state index in [1.807, 2.05) is 55.1 Å². The van der Waals surface area contributed by atoms with E-state index in [0.717, 1.165) is 56.0 Å². The molecule has 0 radical (unpaired) electrons. The molecule has 2 heterocycles. The summed E-state index contributed by atoms with van der Waals surface area (Å²) >= 11 is 0. The van der Waals surface area contributed by atoms with Gasteiger partial charge in [0.05, 0.1) is 5.69 Å². The van der Waals surface area contributed by atoms with E-state index in [0.29, 0.717) is 18.3 Å². The summed E-state index contributed by atoms with van der Waals surface area (Å²) in [4.78, 5) is 14.5. The fourth-order valence-corrected chi connectivity index (χ4v) is 3.83. The fraction of sp³-hybridized carbons (Fsp3) is 0.524. The van der Waals surface area contributed by atoms with Gasteiger partial charge in [-0.05, 0) is 51.6 Å². The Hall–Kier alpha value is -2.14. The van der Waals surface area contributed by atoms with Crippen LogP contribution >= 0.6 is 0 Å². The average Bonchev–Trinajstić information content (AvgIpc) is 3.14. The molecular formula is C21H29N3O2. The number of hydrogen-bond acceptors (Lipinski definition) is 4. The highest BCUT2D eigenvalue weighted by atomic mass is 16.5. The predicted octanol–water partition coefficient (Wildman–Crippen LogP) is 3.37. The first-order valence-electron chi connectivity index (χ1n) is 9.70. The lowest BCUT2D eigenvalue weighted by Crippen LogP contribution is -2.41. The highest BCUT2D eigenvalue weighted by molar-refractivity contribution is 5.76. The van der Waals surface area contributed by atoms with Crippen LogP contribution in [0.4, 0.5) is 0 Å². The van der Waals surface area contributed by atoms with Crippen LogP contribution in [0.25, 0.3) is 11.3 Å². The van der Waals surface area contributed by atoms with Crippen molar-refractivity contribution in [2.75, 3.05) is 26.2 Å². The van der Waals surface area contributed by atoms with E-state index in [4.69, 9.17) is 4.52 Å². The van der Waals surface area contributed by atoms with E-state index in [9.17, 15) is 4.79 Å². The van der Waals surface area contributed by atoms with Gasteiger partial charge in [-0.2, -0.15) is 0 Å². The third-order valence-corrected chi connectivity index (χ3v) is 5.41. The van der Waals surface area contributed by atoms with Gasteiger partial charge in [0.25, 0.3) is 0 Å². The smallest absolute Gasteiger partial charge is 0.222 e. The number of piperidine rings is 1. The molecule has 140 valence electrons. The molecule has 0 saturated carbocycles. The molecule has 3 rings (SSSR count). The number of nitrogens with zero attached hydrogens (tertiary/aromatic N) is 2. The first-order valence-corrected chi connectivity index (χ1v) is 9.70. The number of benzene rings is 1. The average molecular weight is 355 g/mol. The summed E-state index contributed by atoms with van der Waals surface area (Å²) in [6, 6.07) is 12.1. The second-order valence-corrected chi connectivity index (χ2v) is 7.04. The van der Waals surface area contributed by atoms with Crippen molar-refractivity contribution in [3.05, 3.63) is 42.1 Å². The van der Waals surface area contributed by atoms with Crippen molar-refractivity contribution < 1.29 is 9.32 Å². The number of amides is 1. The molecule has 5 heteroatoms. The van der Waals surface area contributed by atoms with Gasteiger partial charge in [0.1, 0.15) is 0 Å². The van der Waals surface area contributed by atoms with Gasteiger partial charge in [-0.15, -0.1) is 0 Å². The third kappa shape index (κ3) is 4.52. The van der Waals surface area contributed by atoms with Gasteiger partial charge in [-0.1, -0.05) is 35.5 Å². The summed E-state index contributed by atoms with van der Waals surface area (Å²) in [6.07, 6.45) is 2.53. The van der Waals surface area contributed by atoms with Gasteiger partial charge in [0.15, 0.2) is 5.76 Å². The molecule has 1 aliphatic rings. The number of carbonyl (C=O) groups excluding carboxylic acids is 1. The van der Waals surface area contributed by atoms with Crippen LogP contribution in [-0.2, 0) is 11.2 Å². The van der Waals surface area contributed by atoms with Gasteiger partial charge in [-0.3, -0.25) is 4.79 Å². The Balaban J connectivity index is 1.65. The largest absolute Gasteiger partial charge is 0.356 e. The maximum atomic E-state index is 12.5. The van der Waals surface area contributed by atoms with Crippen LogP contribution in [0.2, 0.25) is 0 Å². The molecule has 0 aliphatic carbocycles. The lowest BCUT2D eigenvalue weighted by molar-refractivity contribution is -0.132. The van der Waals surface area contributed by atoms with Crippen LogP contribution in [-0.4, -0.2) is 42.1 Å². The lowest BCUT2D eigenvalue weighted by Gasteiger charge is -2.32. The second-order valence-electron chi connectivity index (χ2n) is 7.04. The van der Waals surface area contributed by atoms with E-state index >= 15 is 0 Å². The Morgan fingerprint density at radius 1 is 1.23 bits per heavy atom. The van der Waals surface area contributed by atoms with Crippen molar-refractivity contribution in [2.45, 2.75) is 33.1 Å². The molecule has 1 aromatic carbocycles. The highest BCUT2D eigenvalue weighted by Crippen LogP contribution is 2.28. The minimum atomic E-state index is 0.275. The normalized spacial score (nSPS) is 20.1. The molecular weight excluding hydrogens is 326 g/mol. The molecule has 1 aliphatic heterocycles. The highest BCUT2D eigenvalue weighted by Gasteiger charge is 2.29. The molecule has 0 spiro atoms. The van der Waals surface area contributed by atoms with Crippen molar-refractivity contribution in [2.24, 2.45) is 11.8 Å². The van der Waals surface area contributed by atoms with Crippen LogP contribution in [0.3, 0.4) is 0 Å². The molecule has 1 fully saturated rings. The van der Waals surface area contributed by atoms with Crippen LogP contribution in [0.15, 0.2) is 40.9 Å². The van der Waals surface area contributed by atoms with Crippen LogP contribution < -0.4 is 5.32 Å². The van der Waals surface area contributed by atoms with E-state index in [-0.39, 0.29) is 5.91 Å². The molecule has 1 aromatic heterocycles. The Kier molecular flexibility index (Phi) is 6.45. The summed E-state index contributed by atoms with van der Waals surface area (Å²) in [6.45, 7) is 7.58. The third-order valence-electron chi connectivity index (χ3n) is 5.41. The van der Waals surface area contributed by atoms with Gasteiger partial charge in [-0.25, -0.2) is 0 Å². The standard InChI is InChI=1S/C21H29N3O2/c1-3-24(4-2)21(25)13-17-10-11-22-15-18(17)12-19-14-20(26-23-19)16-8-6-5-7-9-16/h5-9,14,17-18,22H,3-4,10-13,15H2,1-2H3/t17-,18+/m1/s1. The first kappa shape index (κ1) is 18.6. The number of rotatable bonds is 7. The summed E-state index contributed by atoms with van der Waals surface area (Å²) < 4.78 is 5.54. The Morgan fingerprint density at radius 3 is 2.73 bits per heavy atom. The summed E-state index contributed by atoms with van der Waals surface area (Å²) in [7, 11) is 0. The summed E-state index contributed by atoms with van der Waals surface area (Å²) in [5.41, 5.74) is 2.01. The van der Waals surface area contributed by atoms with Crippen molar-refractivity contribution in [1.82, 2.24) is 15.4 Å². The van der Waals surface area contributed by atoms with E-state index < -0.39 is 0 Å². The van der Waals surface area contributed by atoms with Crippen LogP contribution in [0.5, 0.6) is 0 Å². The molecule has 1 N–H and O–H groups in total. The van der Waals surface area contributed by atoms with Crippen molar-refractivity contribution in [3.63, 3.8) is 0 Å². The van der Waals surface area contributed by atoms with Crippen molar-refractivity contribution in [1.29, 1.82) is 0 Å². The van der Waals surface area contributed by atoms with Crippen molar-refractivity contribution >= 4 is 5.91 Å². The molecule has 0 bridgehead atoms. The van der Waals surface area contributed by atoms with Gasteiger partial charge < -0.3 is 14.7 Å². The molecule has 1 saturated heterocycles. The van der Waals surface area contributed by atoms with E-state index in [1.165, 1.54) is 0 Å². The number of carbonyl (C=O) groups is 1. The Bertz CT molecular complexity index is 694. The summed E-state index contributed by atoms with van der Waals surface area (Å²) in [5, 5.41) is 7.74. The minimum Gasteiger partial charge on any atom is -0.356 e. The van der Waals surface area contributed by atoms with Crippen molar-refractivity contribution in [3.8, 4) is 11.3 Å². The minimum absolute atomic E-state index is 0.275. The van der Waals surface area contributed by atoms with Crippen LogP contribution in [0.1, 0.15) is 32.4 Å². The fourth-order valence-electron chi connectivity index (χ4n) is 3.83. The monoisotopic (exact) mass is 355 g/mol. The zero-order valence-corrected chi connectivity index (χ0v) is 15.8. The number of aromatic nitrogens is 1. The molecule has 26 heavy (non-hydrogen) atoms. The van der Waals surface area contributed by atoms with Gasteiger partial charge >= 0.3 is 0 Å². The quantitative estimate of drug-likeness (QED) is 0.827. The number of nitrogens with one attached hydrogen (secondary N) is 1. The maximum absolute atomic E-state index is 12.5. The molecule has 2 aromatic rings. The lowest BCUT2D eigenvalue weighted by atomic mass is 9.81. The summed E-state index contributed by atoms with van der Waals surface area (Å²) in [5.74, 6) is 1.90. The molecule has 2 atom stereocenters. The van der Waals surface area contributed by atoms with Gasteiger partial charge in [0, 0.05) is 31.1 Å². The first-order chi connectivity index (χ1) is 12.7. The molecule has 5 nitrogen and oxygen atoms in total. The Labute approximate surface area is 155 Å². The topological polar surface area (TPSA) is 58.4 Å². The number of hydrogen-bond donors (Lipinski definition) is 1. The van der Waals surface area contributed by atoms with Gasteiger partial charge in [0.2, 0.25) is 5.91 Å². The molecule has 1 amide bonds. The Morgan fingerprint density at radius 2 is 2.00 bits per heavy atom. The zero-order chi connectivity index (χ0) is 18.4. The van der Waals surface area contributed by atoms with E-state index in [1.54, 1.807) is 0 Å². The predicted molar refractivity (Wildman–Crippen MR) is 103 cm³/mol. The zero-order valence-electron chi connectivity index (χ0n) is 15.8. The van der Waals surface area contributed by atoms with E-state index in [2.05, 4.69) is 10.5 Å². The second kappa shape index (κ2) is 8.99. The SMILES string of the molecule is CCN(CC)C(=O)C[C@H]1CCNC[C@@H]1Cc1cc(-c2ccccc2)on1. The molecule has 0 unspecified atom stereocenters. The van der Waals surface area contributed by atoms with Crippen LogP contribution in [0, 0.1) is 11.8 Å². The maximum Gasteiger partial charge on any atom is 0.222 e.